The van der Waals surface area contributed by atoms with Crippen LogP contribution >= 0.6 is 0 Å². The van der Waals surface area contributed by atoms with E-state index in [1.165, 1.54) is 25.9 Å². The largest absolute Gasteiger partial charge is 0.388 e. The second-order valence-electron chi connectivity index (χ2n) is 7.60. The number of benzene rings is 1. The van der Waals surface area contributed by atoms with Crippen LogP contribution in [-0.4, -0.2) is 47.6 Å². The van der Waals surface area contributed by atoms with Crippen LogP contribution in [0.4, 0.5) is 5.69 Å². The average Bonchev–Trinajstić information content (AvgIpc) is 3.06. The van der Waals surface area contributed by atoms with Crippen molar-refractivity contribution < 1.29 is 4.79 Å². The number of fused-ring (bicyclic) bond motifs is 3. The van der Waals surface area contributed by atoms with Crippen molar-refractivity contribution in [3.8, 4) is 11.3 Å². The highest BCUT2D eigenvalue weighted by molar-refractivity contribution is 5.94. The Morgan fingerprint density at radius 1 is 1.08 bits per heavy atom. The molecule has 3 saturated heterocycles. The van der Waals surface area contributed by atoms with Crippen molar-refractivity contribution in [2.75, 3.05) is 25.5 Å². The van der Waals surface area contributed by atoms with Crippen LogP contribution in [0, 0.1) is 5.92 Å². The fraction of sp³-hybridized carbons (Fsp3) is 0.476. The van der Waals surface area contributed by atoms with Gasteiger partial charge < -0.3 is 15.2 Å². The summed E-state index contributed by atoms with van der Waals surface area (Å²) in [7, 11) is 3.88. The van der Waals surface area contributed by atoms with Gasteiger partial charge in [-0.3, -0.25) is 9.69 Å². The highest BCUT2D eigenvalue weighted by Gasteiger charge is 2.40. The molecule has 1 aromatic heterocycles. The Kier molecular flexibility index (Phi) is 4.49. The molecule has 3 aliphatic heterocycles. The monoisotopic (exact) mass is 352 g/mol. The predicted octanol–water partition coefficient (Wildman–Crippen LogP) is 2.95. The van der Waals surface area contributed by atoms with E-state index in [4.69, 9.17) is 0 Å². The number of rotatable bonds is 4. The van der Waals surface area contributed by atoms with Gasteiger partial charge in [0, 0.05) is 37.6 Å². The number of hydrogen-bond donors (Lipinski definition) is 2. The van der Waals surface area contributed by atoms with Crippen LogP contribution in [0.3, 0.4) is 0 Å². The molecule has 2 bridgehead atoms. The highest BCUT2D eigenvalue weighted by Crippen LogP contribution is 2.32. The van der Waals surface area contributed by atoms with Crippen molar-refractivity contribution in [1.29, 1.82) is 0 Å². The predicted molar refractivity (Wildman–Crippen MR) is 105 cm³/mol. The van der Waals surface area contributed by atoms with Crippen LogP contribution in [0.2, 0.25) is 0 Å². The minimum atomic E-state index is 0.0381. The molecule has 2 N–H and O–H groups in total. The molecule has 5 heteroatoms. The van der Waals surface area contributed by atoms with Gasteiger partial charge in [0.05, 0.1) is 0 Å². The molecule has 1 aromatic carbocycles. The molecule has 0 aliphatic carbocycles. The van der Waals surface area contributed by atoms with E-state index in [-0.39, 0.29) is 11.9 Å². The second kappa shape index (κ2) is 6.80. The Hall–Kier alpha value is -2.27. The summed E-state index contributed by atoms with van der Waals surface area (Å²) in [6.07, 6.45) is 2.40. The van der Waals surface area contributed by atoms with Crippen molar-refractivity contribution in [3.05, 3.63) is 42.1 Å². The first-order valence-corrected chi connectivity index (χ1v) is 9.57. The van der Waals surface area contributed by atoms with E-state index in [0.29, 0.717) is 12.0 Å². The first-order chi connectivity index (χ1) is 12.6. The lowest BCUT2D eigenvalue weighted by molar-refractivity contribution is 0.0215. The smallest absolute Gasteiger partial charge is 0.268 e. The molecule has 5 rings (SSSR count). The van der Waals surface area contributed by atoms with Gasteiger partial charge in [-0.15, -0.1) is 0 Å². The van der Waals surface area contributed by atoms with Gasteiger partial charge in [-0.1, -0.05) is 12.1 Å². The zero-order chi connectivity index (χ0) is 18.3. The molecule has 1 amide bonds. The normalized spacial score (nSPS) is 27.3. The van der Waals surface area contributed by atoms with Crippen LogP contribution in [0.15, 0.2) is 36.4 Å². The standard InChI is InChI=1S/C21H28N4O/c1-14-20(16-10-12-25(14)13-11-16)23-21(26)19-9-8-18(24(19)3)15-4-6-17(22-2)7-5-15/h4-9,14,16,20,22H,10-13H2,1-3H3,(H,23,26)/t14-,20+/m1/s1. The van der Waals surface area contributed by atoms with E-state index in [2.05, 4.69) is 46.7 Å². The number of anilines is 1. The first-order valence-electron chi connectivity index (χ1n) is 9.57. The summed E-state index contributed by atoms with van der Waals surface area (Å²) in [5.41, 5.74) is 3.97. The molecule has 0 spiro atoms. The van der Waals surface area contributed by atoms with E-state index in [1.807, 2.05) is 30.8 Å². The molecule has 2 atom stereocenters. The van der Waals surface area contributed by atoms with Crippen LogP contribution < -0.4 is 10.6 Å². The Labute approximate surface area is 155 Å². The number of nitrogens with zero attached hydrogens (tertiary/aromatic N) is 2. The van der Waals surface area contributed by atoms with Gasteiger partial charge in [-0.25, -0.2) is 0 Å². The topological polar surface area (TPSA) is 49.3 Å². The number of amides is 1. The number of aromatic nitrogens is 1. The minimum Gasteiger partial charge on any atom is -0.388 e. The Bertz CT molecular complexity index is 785. The average molecular weight is 352 g/mol. The van der Waals surface area contributed by atoms with Crippen molar-refractivity contribution in [1.82, 2.24) is 14.8 Å². The number of piperidine rings is 3. The van der Waals surface area contributed by atoms with Gasteiger partial charge in [0.15, 0.2) is 0 Å². The summed E-state index contributed by atoms with van der Waals surface area (Å²) in [6.45, 7) is 4.60. The molecule has 3 aliphatic rings. The molecule has 138 valence electrons. The van der Waals surface area contributed by atoms with Crippen molar-refractivity contribution in [3.63, 3.8) is 0 Å². The molecule has 4 heterocycles. The van der Waals surface area contributed by atoms with E-state index in [1.54, 1.807) is 0 Å². The Balaban J connectivity index is 1.53. The van der Waals surface area contributed by atoms with E-state index in [9.17, 15) is 4.79 Å². The summed E-state index contributed by atoms with van der Waals surface area (Å²) < 4.78 is 2.00. The third-order valence-corrected chi connectivity index (χ3v) is 6.30. The Morgan fingerprint density at radius 3 is 2.38 bits per heavy atom. The SMILES string of the molecule is CNc1ccc(-c2ccc(C(=O)N[C@@H]3C4CCN(CC4)[C@@H]3C)n2C)cc1. The van der Waals surface area contributed by atoms with Crippen molar-refractivity contribution >= 4 is 11.6 Å². The summed E-state index contributed by atoms with van der Waals surface area (Å²) in [6, 6.07) is 12.9. The van der Waals surface area contributed by atoms with E-state index in [0.717, 1.165) is 22.6 Å². The van der Waals surface area contributed by atoms with Gasteiger partial charge in [0.25, 0.3) is 5.91 Å². The maximum Gasteiger partial charge on any atom is 0.268 e. The maximum atomic E-state index is 12.9. The maximum absolute atomic E-state index is 12.9. The number of nitrogens with one attached hydrogen (secondary N) is 2. The summed E-state index contributed by atoms with van der Waals surface area (Å²) in [5.74, 6) is 0.656. The summed E-state index contributed by atoms with van der Waals surface area (Å²) >= 11 is 0. The second-order valence-corrected chi connectivity index (χ2v) is 7.60. The van der Waals surface area contributed by atoms with E-state index >= 15 is 0 Å². The van der Waals surface area contributed by atoms with Gasteiger partial charge in [0.1, 0.15) is 5.69 Å². The van der Waals surface area contributed by atoms with Gasteiger partial charge >= 0.3 is 0 Å². The molecule has 3 fully saturated rings. The number of carbonyl (C=O) groups excluding carboxylic acids is 1. The summed E-state index contributed by atoms with van der Waals surface area (Å²) in [4.78, 5) is 15.4. The first kappa shape index (κ1) is 17.2. The molecule has 5 nitrogen and oxygen atoms in total. The third-order valence-electron chi connectivity index (χ3n) is 6.30. The molecular weight excluding hydrogens is 324 g/mol. The van der Waals surface area contributed by atoms with Gasteiger partial charge in [-0.05, 0) is 68.6 Å². The lowest BCUT2D eigenvalue weighted by atomic mass is 9.79. The third kappa shape index (κ3) is 2.90. The van der Waals surface area contributed by atoms with Gasteiger partial charge in [-0.2, -0.15) is 0 Å². The van der Waals surface area contributed by atoms with Crippen LogP contribution in [0.5, 0.6) is 0 Å². The summed E-state index contributed by atoms with van der Waals surface area (Å²) in [5, 5.41) is 6.46. The molecular formula is C21H28N4O. The molecule has 0 unspecified atom stereocenters. The molecule has 2 aromatic rings. The van der Waals surface area contributed by atoms with Crippen molar-refractivity contribution in [2.24, 2.45) is 13.0 Å². The fourth-order valence-electron chi connectivity index (χ4n) is 4.61. The van der Waals surface area contributed by atoms with Crippen molar-refractivity contribution in [2.45, 2.75) is 31.8 Å². The molecule has 26 heavy (non-hydrogen) atoms. The number of carbonyl (C=O) groups is 1. The lowest BCUT2D eigenvalue weighted by Crippen LogP contribution is -2.62. The Morgan fingerprint density at radius 2 is 1.77 bits per heavy atom. The quantitative estimate of drug-likeness (QED) is 0.889. The van der Waals surface area contributed by atoms with Crippen LogP contribution in [-0.2, 0) is 7.05 Å². The molecule has 0 radical (unpaired) electrons. The minimum absolute atomic E-state index is 0.0381. The lowest BCUT2D eigenvalue weighted by Gasteiger charge is -2.49. The zero-order valence-electron chi connectivity index (χ0n) is 15.8. The number of hydrogen-bond acceptors (Lipinski definition) is 3. The van der Waals surface area contributed by atoms with Crippen LogP contribution in [0.25, 0.3) is 11.3 Å². The van der Waals surface area contributed by atoms with Crippen LogP contribution in [0.1, 0.15) is 30.3 Å². The van der Waals surface area contributed by atoms with E-state index < -0.39 is 0 Å². The zero-order valence-corrected chi connectivity index (χ0v) is 15.8. The fourth-order valence-corrected chi connectivity index (χ4v) is 4.61. The van der Waals surface area contributed by atoms with Gasteiger partial charge in [0.2, 0.25) is 0 Å². The molecule has 0 saturated carbocycles. The highest BCUT2D eigenvalue weighted by atomic mass is 16.2.